The molecule has 100 valence electrons. The van der Waals surface area contributed by atoms with Gasteiger partial charge in [-0.05, 0) is 25.2 Å². The highest BCUT2D eigenvalue weighted by molar-refractivity contribution is 5.67. The van der Waals surface area contributed by atoms with Crippen molar-refractivity contribution in [2.75, 3.05) is 0 Å². The van der Waals surface area contributed by atoms with Gasteiger partial charge in [0.05, 0.1) is 6.42 Å². The van der Waals surface area contributed by atoms with Gasteiger partial charge in [0.1, 0.15) is 12.2 Å². The van der Waals surface area contributed by atoms with Crippen molar-refractivity contribution in [2.45, 2.75) is 58.4 Å². The van der Waals surface area contributed by atoms with Crippen LogP contribution in [0.25, 0.3) is 0 Å². The molecule has 0 atom stereocenters. The van der Waals surface area contributed by atoms with E-state index in [2.05, 4.69) is 10.1 Å². The first-order valence-electron chi connectivity index (χ1n) is 6.74. The summed E-state index contributed by atoms with van der Waals surface area (Å²) in [4.78, 5) is 15.4. The molecule has 0 bridgehead atoms. The Labute approximate surface area is 107 Å². The molecule has 1 aromatic rings. The average Bonchev–Trinajstić information content (AvgIpc) is 2.76. The van der Waals surface area contributed by atoms with Crippen molar-refractivity contribution >= 4 is 5.97 Å². The first kappa shape index (κ1) is 13.1. The first-order chi connectivity index (χ1) is 8.65. The van der Waals surface area contributed by atoms with Crippen LogP contribution in [0, 0.1) is 5.41 Å². The molecule has 5 nitrogen and oxygen atoms in total. The fraction of sp³-hybridized carbons (Fsp3) is 0.769. The number of aryl methyl sites for hydroxylation is 1. The Hall–Kier alpha value is -1.39. The van der Waals surface area contributed by atoms with E-state index >= 15 is 0 Å². The lowest BCUT2D eigenvalue weighted by molar-refractivity contribution is -0.140. The lowest BCUT2D eigenvalue weighted by Crippen LogP contribution is -2.31. The zero-order valence-electron chi connectivity index (χ0n) is 10.9. The molecule has 0 aromatic carbocycles. The Morgan fingerprint density at radius 3 is 2.78 bits per heavy atom. The van der Waals surface area contributed by atoms with Gasteiger partial charge in [-0.1, -0.05) is 19.3 Å². The number of carboxylic acids is 1. The Morgan fingerprint density at radius 2 is 2.17 bits per heavy atom. The predicted molar refractivity (Wildman–Crippen MR) is 67.2 cm³/mol. The summed E-state index contributed by atoms with van der Waals surface area (Å²) in [5.74, 6) is 0.236. The summed E-state index contributed by atoms with van der Waals surface area (Å²) >= 11 is 0. The van der Waals surface area contributed by atoms with Crippen molar-refractivity contribution in [2.24, 2.45) is 5.41 Å². The van der Waals surface area contributed by atoms with Gasteiger partial charge in [-0.25, -0.2) is 4.98 Å². The fourth-order valence-electron chi connectivity index (χ4n) is 3.06. The molecule has 1 N–H and O–H groups in total. The highest BCUT2D eigenvalue weighted by atomic mass is 16.4. The molecular formula is C13H21N3O2. The highest BCUT2D eigenvalue weighted by Gasteiger charge is 2.35. The van der Waals surface area contributed by atoms with E-state index in [0.717, 1.165) is 44.5 Å². The maximum absolute atomic E-state index is 11.1. The van der Waals surface area contributed by atoms with Crippen LogP contribution in [0.2, 0.25) is 0 Å². The molecule has 0 saturated heterocycles. The van der Waals surface area contributed by atoms with E-state index in [-0.39, 0.29) is 11.8 Å². The Morgan fingerprint density at radius 1 is 1.44 bits per heavy atom. The van der Waals surface area contributed by atoms with Crippen molar-refractivity contribution in [1.29, 1.82) is 0 Å². The number of carboxylic acid groups (broad SMARTS) is 1. The molecule has 0 aliphatic heterocycles. The van der Waals surface area contributed by atoms with Gasteiger partial charge in [0.2, 0.25) is 0 Å². The van der Waals surface area contributed by atoms with Gasteiger partial charge in [0.15, 0.2) is 0 Å². The molecule has 0 unspecified atom stereocenters. The van der Waals surface area contributed by atoms with E-state index in [1.54, 1.807) is 6.33 Å². The molecule has 0 amide bonds. The molecule has 5 heteroatoms. The van der Waals surface area contributed by atoms with E-state index in [1.165, 1.54) is 6.42 Å². The number of nitrogens with zero attached hydrogens (tertiary/aromatic N) is 3. The second-order valence-corrected chi connectivity index (χ2v) is 5.30. The van der Waals surface area contributed by atoms with E-state index < -0.39 is 5.97 Å². The minimum atomic E-state index is -0.695. The maximum atomic E-state index is 11.1. The van der Waals surface area contributed by atoms with Crippen LogP contribution in [-0.4, -0.2) is 25.8 Å². The summed E-state index contributed by atoms with van der Waals surface area (Å²) in [7, 11) is 0. The summed E-state index contributed by atoms with van der Waals surface area (Å²) in [5, 5.41) is 13.3. The Kier molecular flexibility index (Phi) is 3.99. The van der Waals surface area contributed by atoms with Gasteiger partial charge >= 0.3 is 5.97 Å². The van der Waals surface area contributed by atoms with E-state index in [1.807, 2.05) is 11.6 Å². The SMILES string of the molecule is CCn1ncnc1CC1(CC(=O)O)CCCCC1. The summed E-state index contributed by atoms with van der Waals surface area (Å²) in [6, 6.07) is 0. The summed E-state index contributed by atoms with van der Waals surface area (Å²) in [6.45, 7) is 2.82. The van der Waals surface area contributed by atoms with Crippen molar-refractivity contribution < 1.29 is 9.90 Å². The average molecular weight is 251 g/mol. The van der Waals surface area contributed by atoms with Crippen LogP contribution in [0.5, 0.6) is 0 Å². The fourth-order valence-corrected chi connectivity index (χ4v) is 3.06. The lowest BCUT2D eigenvalue weighted by Gasteiger charge is -2.35. The molecule has 2 rings (SSSR count). The van der Waals surface area contributed by atoms with Crippen LogP contribution in [0.3, 0.4) is 0 Å². The second-order valence-electron chi connectivity index (χ2n) is 5.30. The Balaban J connectivity index is 2.16. The molecule has 1 aliphatic carbocycles. The quantitative estimate of drug-likeness (QED) is 0.871. The van der Waals surface area contributed by atoms with Gasteiger partial charge in [-0.3, -0.25) is 9.48 Å². The third kappa shape index (κ3) is 2.89. The number of hydrogen-bond donors (Lipinski definition) is 1. The molecule has 1 fully saturated rings. The lowest BCUT2D eigenvalue weighted by atomic mass is 9.69. The van der Waals surface area contributed by atoms with Gasteiger partial charge < -0.3 is 5.11 Å². The summed E-state index contributed by atoms with van der Waals surface area (Å²) in [5.41, 5.74) is -0.107. The third-order valence-electron chi connectivity index (χ3n) is 3.97. The standard InChI is InChI=1S/C13H21N3O2/c1-2-16-11(14-10-15-16)8-13(9-12(17)18)6-4-3-5-7-13/h10H,2-9H2,1H3,(H,17,18). The van der Waals surface area contributed by atoms with E-state index in [0.29, 0.717) is 0 Å². The van der Waals surface area contributed by atoms with Gasteiger partial charge in [0, 0.05) is 13.0 Å². The third-order valence-corrected chi connectivity index (χ3v) is 3.97. The van der Waals surface area contributed by atoms with Gasteiger partial charge in [-0.15, -0.1) is 0 Å². The zero-order chi connectivity index (χ0) is 13.0. The predicted octanol–water partition coefficient (Wildman–Crippen LogP) is 2.27. The maximum Gasteiger partial charge on any atom is 0.303 e. The van der Waals surface area contributed by atoms with Crippen molar-refractivity contribution in [3.05, 3.63) is 12.2 Å². The van der Waals surface area contributed by atoms with Crippen LogP contribution in [-0.2, 0) is 17.8 Å². The number of carbonyl (C=O) groups is 1. The number of aromatic nitrogens is 3. The van der Waals surface area contributed by atoms with Crippen LogP contribution in [0.1, 0.15) is 51.3 Å². The number of hydrogen-bond acceptors (Lipinski definition) is 3. The van der Waals surface area contributed by atoms with Crippen LogP contribution in [0.4, 0.5) is 0 Å². The normalized spacial score (nSPS) is 18.7. The zero-order valence-corrected chi connectivity index (χ0v) is 10.9. The van der Waals surface area contributed by atoms with Crippen molar-refractivity contribution in [1.82, 2.24) is 14.8 Å². The summed E-state index contributed by atoms with van der Waals surface area (Å²) in [6.07, 6.45) is 8.04. The molecule has 1 aliphatic rings. The largest absolute Gasteiger partial charge is 0.481 e. The Bertz CT molecular complexity index is 408. The first-order valence-corrected chi connectivity index (χ1v) is 6.74. The molecule has 0 spiro atoms. The molecule has 1 saturated carbocycles. The molecular weight excluding hydrogens is 230 g/mol. The molecule has 1 aromatic heterocycles. The summed E-state index contributed by atoms with van der Waals surface area (Å²) < 4.78 is 1.87. The molecule has 0 radical (unpaired) electrons. The highest BCUT2D eigenvalue weighted by Crippen LogP contribution is 2.41. The van der Waals surface area contributed by atoms with Crippen LogP contribution < -0.4 is 0 Å². The number of aliphatic carboxylic acids is 1. The monoisotopic (exact) mass is 251 g/mol. The second kappa shape index (κ2) is 5.50. The molecule has 1 heterocycles. The van der Waals surface area contributed by atoms with Crippen molar-refractivity contribution in [3.63, 3.8) is 0 Å². The minimum Gasteiger partial charge on any atom is -0.481 e. The van der Waals surface area contributed by atoms with Gasteiger partial charge in [-0.2, -0.15) is 5.10 Å². The van der Waals surface area contributed by atoms with E-state index in [9.17, 15) is 4.79 Å². The van der Waals surface area contributed by atoms with Crippen LogP contribution in [0.15, 0.2) is 6.33 Å². The van der Waals surface area contributed by atoms with Crippen molar-refractivity contribution in [3.8, 4) is 0 Å². The minimum absolute atomic E-state index is 0.107. The topological polar surface area (TPSA) is 68.0 Å². The smallest absolute Gasteiger partial charge is 0.303 e. The van der Waals surface area contributed by atoms with Gasteiger partial charge in [0.25, 0.3) is 0 Å². The van der Waals surface area contributed by atoms with E-state index in [4.69, 9.17) is 5.11 Å². The van der Waals surface area contributed by atoms with Crippen LogP contribution >= 0.6 is 0 Å². The number of rotatable bonds is 5. The molecule has 18 heavy (non-hydrogen) atoms.